The molecule has 14 heteroatoms. The van der Waals surface area contributed by atoms with E-state index >= 15 is 0 Å². The van der Waals surface area contributed by atoms with Crippen LogP contribution in [0.3, 0.4) is 0 Å². The lowest BCUT2D eigenvalue weighted by atomic mass is 10.2. The lowest BCUT2D eigenvalue weighted by Gasteiger charge is -2.01. The summed E-state index contributed by atoms with van der Waals surface area (Å²) in [5.41, 5.74) is 3.23. The molecule has 2 N–H and O–H groups in total. The van der Waals surface area contributed by atoms with Crippen LogP contribution in [-0.2, 0) is 9.59 Å². The Bertz CT molecular complexity index is 1750. The maximum atomic E-state index is 12.5. The van der Waals surface area contributed by atoms with Crippen LogP contribution in [0.25, 0.3) is 23.5 Å². The van der Waals surface area contributed by atoms with Gasteiger partial charge in [-0.3, -0.25) is 9.59 Å². The van der Waals surface area contributed by atoms with E-state index in [4.69, 9.17) is 19.4 Å². The van der Waals surface area contributed by atoms with Gasteiger partial charge in [-0.25, -0.2) is 9.97 Å². The summed E-state index contributed by atoms with van der Waals surface area (Å²) < 4.78 is 10.4. The third-order valence-corrected chi connectivity index (χ3v) is 9.88. The molecule has 10 nitrogen and oxygen atoms in total. The zero-order chi connectivity index (χ0) is 30.8. The number of ether oxygens (including phenoxy) is 2. The molecule has 0 saturated heterocycles. The van der Waals surface area contributed by atoms with Crippen molar-refractivity contribution < 1.29 is 19.1 Å². The van der Waals surface area contributed by atoms with E-state index in [1.165, 1.54) is 46.2 Å². The van der Waals surface area contributed by atoms with Crippen LogP contribution in [0.1, 0.15) is 20.9 Å². The molecular formula is C30H24N6O4S4. The molecule has 0 radical (unpaired) electrons. The first-order chi connectivity index (χ1) is 21.3. The predicted octanol–water partition coefficient (Wildman–Crippen LogP) is 7.07. The number of carbonyl (C=O) groups excluding carboxylic acids is 2. The van der Waals surface area contributed by atoms with Crippen LogP contribution in [0, 0.1) is 13.8 Å². The average molecular weight is 661 g/mol. The van der Waals surface area contributed by atoms with E-state index in [1.807, 2.05) is 62.4 Å². The summed E-state index contributed by atoms with van der Waals surface area (Å²) in [5.74, 6) is 0.887. The van der Waals surface area contributed by atoms with Crippen LogP contribution in [0.4, 0.5) is 10.3 Å². The summed E-state index contributed by atoms with van der Waals surface area (Å²) >= 11 is 5.44. The van der Waals surface area contributed by atoms with Gasteiger partial charge in [0.1, 0.15) is 22.9 Å². The Morgan fingerprint density at radius 1 is 0.636 bits per heavy atom. The number of aryl methyl sites for hydroxylation is 2. The SMILES string of the molecule is COc1ccc(/C=C2/SC(Nc3nc(-c4nc(NC5=NC(=O)/C(=C\c6ccc(OC)cc6)S5)sc4C)c(C)s3)=NC2=O)cc1. The highest BCUT2D eigenvalue weighted by Gasteiger charge is 2.26. The predicted molar refractivity (Wildman–Crippen MR) is 182 cm³/mol. The lowest BCUT2D eigenvalue weighted by molar-refractivity contribution is -0.114. The number of amidine groups is 2. The number of thioether (sulfide) groups is 2. The van der Waals surface area contributed by atoms with E-state index in [2.05, 4.69) is 20.6 Å². The summed E-state index contributed by atoms with van der Waals surface area (Å²) in [5, 5.41) is 8.51. The molecule has 44 heavy (non-hydrogen) atoms. The number of aliphatic imine (C=N–C) groups is 2. The molecule has 222 valence electrons. The van der Waals surface area contributed by atoms with E-state index in [1.54, 1.807) is 26.4 Å². The summed E-state index contributed by atoms with van der Waals surface area (Å²) in [7, 11) is 3.22. The van der Waals surface area contributed by atoms with Crippen molar-refractivity contribution in [3.05, 3.63) is 79.2 Å². The van der Waals surface area contributed by atoms with Gasteiger partial charge in [0.05, 0.1) is 24.0 Å². The van der Waals surface area contributed by atoms with Gasteiger partial charge < -0.3 is 20.1 Å². The topological polar surface area (TPSA) is 127 Å². The molecule has 0 spiro atoms. The van der Waals surface area contributed by atoms with Gasteiger partial charge in [-0.15, -0.1) is 22.7 Å². The second kappa shape index (κ2) is 12.8. The van der Waals surface area contributed by atoms with Crippen LogP contribution in [0.5, 0.6) is 11.5 Å². The maximum absolute atomic E-state index is 12.5. The Morgan fingerprint density at radius 3 is 1.39 bits per heavy atom. The third-order valence-electron chi connectivity index (χ3n) is 6.31. The number of rotatable bonds is 7. The minimum atomic E-state index is -0.305. The molecule has 0 saturated carbocycles. The molecule has 0 atom stereocenters. The number of thiazole rings is 2. The van der Waals surface area contributed by atoms with Gasteiger partial charge in [-0.05, 0) is 84.9 Å². The Kier molecular flexibility index (Phi) is 8.66. The molecule has 6 rings (SSSR count). The standard InChI is InChI=1S/C30H24N6O4S4/c1-15-23(31-27(41-15)35-29-33-25(37)21(43-29)13-17-5-9-19(39-3)10-6-17)24-16(2)42-28(32-24)36-30-34-26(38)22(44-30)14-18-7-11-20(40-4)12-8-18/h5-14H,1-4H3,(H,31,33,35,37)(H,32,34,36,38)/b21-13+,22-14+. The van der Waals surface area contributed by atoms with Gasteiger partial charge in [0.25, 0.3) is 11.8 Å². The third kappa shape index (κ3) is 6.63. The molecule has 0 aliphatic carbocycles. The van der Waals surface area contributed by atoms with Gasteiger partial charge in [0.15, 0.2) is 20.6 Å². The molecule has 0 fully saturated rings. The van der Waals surface area contributed by atoms with Crippen LogP contribution < -0.4 is 20.1 Å². The number of nitrogens with one attached hydrogen (secondary N) is 2. The minimum Gasteiger partial charge on any atom is -0.497 e. The smallest absolute Gasteiger partial charge is 0.286 e. The Morgan fingerprint density at radius 2 is 1.02 bits per heavy atom. The largest absolute Gasteiger partial charge is 0.497 e. The quantitative estimate of drug-likeness (QED) is 0.199. The Labute approximate surface area is 269 Å². The molecule has 2 aliphatic rings. The van der Waals surface area contributed by atoms with Gasteiger partial charge in [0, 0.05) is 9.75 Å². The van der Waals surface area contributed by atoms with Crippen molar-refractivity contribution in [2.24, 2.45) is 9.98 Å². The second-order valence-electron chi connectivity index (χ2n) is 9.31. The van der Waals surface area contributed by atoms with Crippen molar-refractivity contribution in [3.8, 4) is 22.9 Å². The molecule has 2 aliphatic heterocycles. The van der Waals surface area contributed by atoms with Crippen LogP contribution >= 0.6 is 46.2 Å². The fourth-order valence-corrected chi connectivity index (χ4v) is 7.53. The Balaban J connectivity index is 1.11. The molecule has 2 aromatic carbocycles. The van der Waals surface area contributed by atoms with E-state index in [0.29, 0.717) is 30.4 Å². The minimum absolute atomic E-state index is 0.305. The normalized spacial score (nSPS) is 16.5. The fourth-order valence-electron chi connectivity index (χ4n) is 4.15. The van der Waals surface area contributed by atoms with Crippen molar-refractivity contribution in [1.29, 1.82) is 0 Å². The van der Waals surface area contributed by atoms with E-state index in [-0.39, 0.29) is 11.8 Å². The van der Waals surface area contributed by atoms with Crippen LogP contribution in [-0.4, -0.2) is 46.3 Å². The van der Waals surface area contributed by atoms with Crippen LogP contribution in [0.15, 0.2) is 68.3 Å². The first kappa shape index (κ1) is 29.8. The molecule has 0 bridgehead atoms. The fraction of sp³-hybridized carbons (Fsp3) is 0.133. The summed E-state index contributed by atoms with van der Waals surface area (Å²) in [6, 6.07) is 14.9. The zero-order valence-corrected chi connectivity index (χ0v) is 27.1. The van der Waals surface area contributed by atoms with E-state index < -0.39 is 0 Å². The summed E-state index contributed by atoms with van der Waals surface area (Å²) in [6.07, 6.45) is 3.60. The summed E-state index contributed by atoms with van der Waals surface area (Å²) in [6.45, 7) is 3.94. The van der Waals surface area contributed by atoms with Crippen LogP contribution in [0.2, 0.25) is 0 Å². The number of carbonyl (C=O) groups is 2. The lowest BCUT2D eigenvalue weighted by Crippen LogP contribution is -2.04. The molecular weight excluding hydrogens is 637 g/mol. The number of hydrogen-bond acceptors (Lipinski definition) is 12. The number of aromatic nitrogens is 2. The number of nitrogens with zero attached hydrogens (tertiary/aromatic N) is 4. The molecule has 4 heterocycles. The maximum Gasteiger partial charge on any atom is 0.286 e. The number of anilines is 2. The first-order valence-electron chi connectivity index (χ1n) is 13.1. The van der Waals surface area contributed by atoms with Gasteiger partial charge in [-0.1, -0.05) is 24.3 Å². The number of amides is 2. The monoisotopic (exact) mass is 660 g/mol. The first-order valence-corrected chi connectivity index (χ1v) is 16.4. The average Bonchev–Trinajstić information content (AvgIpc) is 3.75. The van der Waals surface area contributed by atoms with Crippen molar-refractivity contribution in [2.75, 3.05) is 24.9 Å². The van der Waals surface area contributed by atoms with Gasteiger partial charge in [0.2, 0.25) is 0 Å². The highest BCUT2D eigenvalue weighted by atomic mass is 32.2. The molecule has 0 unspecified atom stereocenters. The number of benzene rings is 2. The van der Waals surface area contributed by atoms with Crippen molar-refractivity contribution in [2.45, 2.75) is 13.8 Å². The van der Waals surface area contributed by atoms with Crippen molar-refractivity contribution in [1.82, 2.24) is 9.97 Å². The van der Waals surface area contributed by atoms with E-state index in [0.717, 1.165) is 43.8 Å². The number of hydrogen-bond donors (Lipinski definition) is 2. The second-order valence-corrected chi connectivity index (χ2v) is 13.8. The zero-order valence-electron chi connectivity index (χ0n) is 23.8. The molecule has 4 aromatic rings. The van der Waals surface area contributed by atoms with Gasteiger partial charge >= 0.3 is 0 Å². The van der Waals surface area contributed by atoms with Crippen molar-refractivity contribution >= 4 is 90.8 Å². The molecule has 2 amide bonds. The number of methoxy groups -OCH3 is 2. The summed E-state index contributed by atoms with van der Waals surface area (Å²) in [4.78, 5) is 45.9. The van der Waals surface area contributed by atoms with Gasteiger partial charge in [-0.2, -0.15) is 9.98 Å². The van der Waals surface area contributed by atoms with E-state index in [9.17, 15) is 9.59 Å². The molecule has 2 aromatic heterocycles. The highest BCUT2D eigenvalue weighted by molar-refractivity contribution is 8.19. The highest BCUT2D eigenvalue weighted by Crippen LogP contribution is 2.38. The van der Waals surface area contributed by atoms with Crippen molar-refractivity contribution in [3.63, 3.8) is 0 Å². The Hall–Kier alpha value is -4.24.